The highest BCUT2D eigenvalue weighted by molar-refractivity contribution is 7.07. The number of nitrogens with one attached hydrogen (secondary N) is 1. The maximum atomic E-state index is 12.9. The van der Waals surface area contributed by atoms with Crippen molar-refractivity contribution in [1.29, 1.82) is 0 Å². The summed E-state index contributed by atoms with van der Waals surface area (Å²) in [4.78, 5) is 17.1. The fraction of sp³-hybridized carbons (Fsp3) is 0.167. The zero-order valence-corrected chi connectivity index (χ0v) is 17.6. The average molecular weight is 419 g/mol. The Morgan fingerprint density at radius 3 is 2.73 bits per heavy atom. The lowest BCUT2D eigenvalue weighted by molar-refractivity contribution is 0.0939. The van der Waals surface area contributed by atoms with Gasteiger partial charge in [0.2, 0.25) is 0 Å². The largest absolute Gasteiger partial charge is 0.493 e. The molecule has 1 atom stereocenters. The number of carbonyl (C=O) groups is 1. The van der Waals surface area contributed by atoms with Gasteiger partial charge < -0.3 is 14.8 Å². The van der Waals surface area contributed by atoms with Crippen LogP contribution in [0.1, 0.15) is 34.6 Å². The van der Waals surface area contributed by atoms with Gasteiger partial charge in [0, 0.05) is 10.9 Å². The normalized spacial score (nSPS) is 11.8. The monoisotopic (exact) mass is 418 g/mol. The summed E-state index contributed by atoms with van der Waals surface area (Å²) in [5.41, 5.74) is 4.21. The lowest BCUT2D eigenvalue weighted by atomic mass is 9.99. The molecule has 0 aliphatic rings. The number of nitrogens with zero attached hydrogens (tertiary/aromatic N) is 1. The number of amides is 1. The summed E-state index contributed by atoms with van der Waals surface area (Å²) in [7, 11) is 1.56. The zero-order chi connectivity index (χ0) is 20.9. The van der Waals surface area contributed by atoms with E-state index in [1.807, 2.05) is 36.6 Å². The zero-order valence-electron chi connectivity index (χ0n) is 16.8. The van der Waals surface area contributed by atoms with Crippen molar-refractivity contribution in [2.24, 2.45) is 0 Å². The maximum absolute atomic E-state index is 12.9. The van der Waals surface area contributed by atoms with Crippen LogP contribution in [0.2, 0.25) is 0 Å². The van der Waals surface area contributed by atoms with E-state index in [9.17, 15) is 4.79 Å². The van der Waals surface area contributed by atoms with E-state index in [1.54, 1.807) is 30.8 Å². The molecule has 0 bridgehead atoms. The van der Waals surface area contributed by atoms with Crippen LogP contribution in [0.3, 0.4) is 0 Å². The Bertz CT molecular complexity index is 1150. The predicted molar refractivity (Wildman–Crippen MR) is 119 cm³/mol. The van der Waals surface area contributed by atoms with Crippen molar-refractivity contribution >= 4 is 28.0 Å². The molecule has 1 N–H and O–H groups in total. The molecule has 0 fully saturated rings. The third-order valence-corrected chi connectivity index (χ3v) is 5.56. The smallest absolute Gasteiger partial charge is 0.251 e. The number of ether oxygens (including phenoxy) is 2. The molecule has 1 heterocycles. The molecular weight excluding hydrogens is 396 g/mol. The molecule has 5 nitrogen and oxygen atoms in total. The number of fused-ring (bicyclic) bond motifs is 1. The summed E-state index contributed by atoms with van der Waals surface area (Å²) in [6.45, 7) is 2.34. The summed E-state index contributed by atoms with van der Waals surface area (Å²) >= 11 is 1.52. The van der Waals surface area contributed by atoms with Crippen molar-refractivity contribution in [3.63, 3.8) is 0 Å². The molecule has 0 spiro atoms. The van der Waals surface area contributed by atoms with Crippen LogP contribution in [-0.2, 0) is 6.61 Å². The van der Waals surface area contributed by atoms with Gasteiger partial charge in [0.25, 0.3) is 5.91 Å². The number of hydrogen-bond donors (Lipinski definition) is 1. The standard InChI is InChI=1S/C24H22N2O3S/c1-16(20-9-5-7-17-6-3-4-8-21(17)20)26-24(27)18-10-11-22(23(12-18)28-2)29-13-19-14-30-15-25-19/h3-12,14-16H,13H2,1-2H3,(H,26,27). The molecule has 4 rings (SSSR count). The second-order valence-electron chi connectivity index (χ2n) is 6.90. The molecule has 1 amide bonds. The third-order valence-electron chi connectivity index (χ3n) is 4.92. The number of carbonyl (C=O) groups excluding carboxylic acids is 1. The molecule has 4 aromatic rings. The van der Waals surface area contributed by atoms with Crippen LogP contribution >= 0.6 is 11.3 Å². The highest BCUT2D eigenvalue weighted by Crippen LogP contribution is 2.29. The van der Waals surface area contributed by atoms with Crippen molar-refractivity contribution in [3.8, 4) is 11.5 Å². The molecule has 152 valence electrons. The number of aromatic nitrogens is 1. The summed E-state index contributed by atoms with van der Waals surface area (Å²) in [6, 6.07) is 19.3. The topological polar surface area (TPSA) is 60.5 Å². The third kappa shape index (κ3) is 4.28. The van der Waals surface area contributed by atoms with Crippen molar-refractivity contribution < 1.29 is 14.3 Å². The lowest BCUT2D eigenvalue weighted by Gasteiger charge is -2.17. The second kappa shape index (κ2) is 8.97. The van der Waals surface area contributed by atoms with E-state index in [2.05, 4.69) is 28.5 Å². The SMILES string of the molecule is COc1cc(C(=O)NC(C)c2cccc3ccccc23)ccc1OCc1cscn1. The number of methoxy groups -OCH3 is 1. The van der Waals surface area contributed by atoms with Crippen LogP contribution < -0.4 is 14.8 Å². The van der Waals surface area contributed by atoms with Crippen molar-refractivity contribution in [3.05, 3.63) is 88.4 Å². The molecule has 6 heteroatoms. The van der Waals surface area contributed by atoms with E-state index < -0.39 is 0 Å². The van der Waals surface area contributed by atoms with Gasteiger partial charge in [-0.05, 0) is 41.5 Å². The Labute approximate surface area is 179 Å². The number of hydrogen-bond acceptors (Lipinski definition) is 5. The first kappa shape index (κ1) is 19.9. The van der Waals surface area contributed by atoms with Crippen LogP contribution in [0.25, 0.3) is 10.8 Å². The minimum atomic E-state index is -0.167. The Morgan fingerprint density at radius 2 is 1.93 bits per heavy atom. The number of rotatable bonds is 7. The molecule has 1 aromatic heterocycles. The highest BCUT2D eigenvalue weighted by atomic mass is 32.1. The Morgan fingerprint density at radius 1 is 1.10 bits per heavy atom. The van der Waals surface area contributed by atoms with Gasteiger partial charge in [-0.25, -0.2) is 4.98 Å². The van der Waals surface area contributed by atoms with Crippen molar-refractivity contribution in [2.75, 3.05) is 7.11 Å². The second-order valence-corrected chi connectivity index (χ2v) is 7.62. The Kier molecular flexibility index (Phi) is 5.95. The van der Waals surface area contributed by atoms with E-state index >= 15 is 0 Å². The van der Waals surface area contributed by atoms with Gasteiger partial charge >= 0.3 is 0 Å². The van der Waals surface area contributed by atoms with Gasteiger partial charge in [-0.2, -0.15) is 0 Å². The predicted octanol–water partition coefficient (Wildman–Crippen LogP) is 5.37. The van der Waals surface area contributed by atoms with Gasteiger partial charge in [-0.3, -0.25) is 4.79 Å². The van der Waals surface area contributed by atoms with Crippen molar-refractivity contribution in [2.45, 2.75) is 19.6 Å². The minimum absolute atomic E-state index is 0.143. The molecule has 0 radical (unpaired) electrons. The number of benzene rings is 3. The maximum Gasteiger partial charge on any atom is 0.251 e. The summed E-state index contributed by atoms with van der Waals surface area (Å²) in [5.74, 6) is 0.916. The van der Waals surface area contributed by atoms with E-state index in [-0.39, 0.29) is 11.9 Å². The molecule has 1 unspecified atom stereocenters. The first-order valence-corrected chi connectivity index (χ1v) is 10.6. The Balaban J connectivity index is 1.50. The fourth-order valence-electron chi connectivity index (χ4n) is 3.37. The van der Waals surface area contributed by atoms with Crippen molar-refractivity contribution in [1.82, 2.24) is 10.3 Å². The molecule has 0 saturated heterocycles. The molecule has 0 aliphatic carbocycles. The lowest BCUT2D eigenvalue weighted by Crippen LogP contribution is -2.26. The highest BCUT2D eigenvalue weighted by Gasteiger charge is 2.16. The van der Waals surface area contributed by atoms with Gasteiger partial charge in [0.05, 0.1) is 24.4 Å². The van der Waals surface area contributed by atoms with Crippen LogP contribution in [0.15, 0.2) is 71.6 Å². The van der Waals surface area contributed by atoms with Crippen LogP contribution in [-0.4, -0.2) is 18.0 Å². The van der Waals surface area contributed by atoms with Crippen LogP contribution in [0, 0.1) is 0 Å². The molecule has 30 heavy (non-hydrogen) atoms. The van der Waals surface area contributed by atoms with Gasteiger partial charge in [0.1, 0.15) is 6.61 Å². The Hall–Kier alpha value is -3.38. The fourth-order valence-corrected chi connectivity index (χ4v) is 3.92. The first-order chi connectivity index (χ1) is 14.7. The minimum Gasteiger partial charge on any atom is -0.493 e. The quantitative estimate of drug-likeness (QED) is 0.438. The van der Waals surface area contributed by atoms with Gasteiger partial charge in [-0.15, -0.1) is 11.3 Å². The summed E-state index contributed by atoms with van der Waals surface area (Å²) in [6.07, 6.45) is 0. The molecule has 0 aliphatic heterocycles. The van der Waals surface area contributed by atoms with Crippen LogP contribution in [0.4, 0.5) is 0 Å². The average Bonchev–Trinajstić information content (AvgIpc) is 3.30. The van der Waals surface area contributed by atoms with E-state index in [0.717, 1.165) is 22.0 Å². The number of thiazole rings is 1. The van der Waals surface area contributed by atoms with Gasteiger partial charge in [0.15, 0.2) is 11.5 Å². The van der Waals surface area contributed by atoms with Gasteiger partial charge in [-0.1, -0.05) is 42.5 Å². The summed E-state index contributed by atoms with van der Waals surface area (Å²) in [5, 5.41) is 7.31. The first-order valence-electron chi connectivity index (χ1n) is 9.62. The molecular formula is C24H22N2O3S. The van der Waals surface area contributed by atoms with E-state index in [1.165, 1.54) is 11.3 Å². The van der Waals surface area contributed by atoms with E-state index in [4.69, 9.17) is 9.47 Å². The molecule has 3 aromatic carbocycles. The van der Waals surface area contributed by atoms with E-state index in [0.29, 0.717) is 23.7 Å². The molecule has 0 saturated carbocycles. The summed E-state index contributed by atoms with van der Waals surface area (Å²) < 4.78 is 11.2. The van der Waals surface area contributed by atoms with Crippen LogP contribution in [0.5, 0.6) is 11.5 Å².